The van der Waals surface area contributed by atoms with Crippen LogP contribution < -0.4 is 0 Å². The molecule has 3 heteroatoms. The summed E-state index contributed by atoms with van der Waals surface area (Å²) < 4.78 is 13.4. The molecular formula is C9H8BrFO. The molecule has 0 atom stereocenters. The summed E-state index contributed by atoms with van der Waals surface area (Å²) in [5.41, 5.74) is -0.0940. The topological polar surface area (TPSA) is 20.2 Å². The van der Waals surface area contributed by atoms with Gasteiger partial charge in [0.2, 0.25) is 0 Å². The molecule has 0 amide bonds. The molecule has 0 heterocycles. The van der Waals surface area contributed by atoms with E-state index < -0.39 is 5.60 Å². The van der Waals surface area contributed by atoms with Crippen molar-refractivity contribution in [2.75, 3.05) is 0 Å². The van der Waals surface area contributed by atoms with Gasteiger partial charge in [-0.2, -0.15) is 0 Å². The third-order valence-electron chi connectivity index (χ3n) is 2.18. The number of hydrogen-bond donors (Lipinski definition) is 1. The predicted molar refractivity (Wildman–Crippen MR) is 47.2 cm³/mol. The lowest BCUT2D eigenvalue weighted by atomic mass is 10.1. The van der Waals surface area contributed by atoms with E-state index >= 15 is 0 Å². The van der Waals surface area contributed by atoms with E-state index in [0.717, 1.165) is 12.8 Å². The lowest BCUT2D eigenvalue weighted by Crippen LogP contribution is -2.05. The van der Waals surface area contributed by atoms with Gasteiger partial charge in [0.25, 0.3) is 0 Å². The van der Waals surface area contributed by atoms with Crippen LogP contribution in [0.2, 0.25) is 0 Å². The second kappa shape index (κ2) is 2.54. The van der Waals surface area contributed by atoms with Crippen LogP contribution in [0.15, 0.2) is 22.7 Å². The van der Waals surface area contributed by atoms with Gasteiger partial charge in [0.1, 0.15) is 5.82 Å². The van der Waals surface area contributed by atoms with Crippen molar-refractivity contribution in [1.82, 2.24) is 0 Å². The Hall–Kier alpha value is -0.410. The molecule has 1 aliphatic carbocycles. The van der Waals surface area contributed by atoms with Crippen LogP contribution in [0, 0.1) is 5.82 Å². The fourth-order valence-electron chi connectivity index (χ4n) is 1.25. The van der Waals surface area contributed by atoms with Gasteiger partial charge in [0.05, 0.1) is 10.1 Å². The van der Waals surface area contributed by atoms with Gasteiger partial charge in [-0.3, -0.25) is 0 Å². The first kappa shape index (κ1) is 8.20. The smallest absolute Gasteiger partial charge is 0.137 e. The van der Waals surface area contributed by atoms with E-state index in [4.69, 9.17) is 0 Å². The number of benzene rings is 1. The molecule has 0 radical (unpaired) electrons. The van der Waals surface area contributed by atoms with Crippen LogP contribution in [0.4, 0.5) is 4.39 Å². The van der Waals surface area contributed by atoms with Crippen LogP contribution in [0.3, 0.4) is 0 Å². The Morgan fingerprint density at radius 2 is 2.08 bits per heavy atom. The van der Waals surface area contributed by atoms with Crippen molar-refractivity contribution in [3.63, 3.8) is 0 Å². The van der Waals surface area contributed by atoms with E-state index in [2.05, 4.69) is 15.9 Å². The average molecular weight is 231 g/mol. The maximum Gasteiger partial charge on any atom is 0.137 e. The summed E-state index contributed by atoms with van der Waals surface area (Å²) in [6.07, 6.45) is 1.46. The highest BCUT2D eigenvalue weighted by atomic mass is 79.9. The molecule has 0 aliphatic heterocycles. The van der Waals surface area contributed by atoms with Gasteiger partial charge < -0.3 is 5.11 Å². The zero-order valence-electron chi connectivity index (χ0n) is 6.35. The molecule has 1 nitrogen and oxygen atoms in total. The first-order valence-corrected chi connectivity index (χ1v) is 4.60. The van der Waals surface area contributed by atoms with Crippen molar-refractivity contribution in [3.8, 4) is 0 Å². The van der Waals surface area contributed by atoms with Crippen molar-refractivity contribution in [2.24, 2.45) is 0 Å². The molecule has 1 N–H and O–H groups in total. The number of halogens is 2. The largest absolute Gasteiger partial charge is 0.385 e. The van der Waals surface area contributed by atoms with Crippen molar-refractivity contribution in [1.29, 1.82) is 0 Å². The summed E-state index contributed by atoms with van der Waals surface area (Å²) in [6.45, 7) is 0. The molecule has 1 fully saturated rings. The van der Waals surface area contributed by atoms with Crippen molar-refractivity contribution in [2.45, 2.75) is 18.4 Å². The van der Waals surface area contributed by atoms with E-state index in [1.165, 1.54) is 6.07 Å². The van der Waals surface area contributed by atoms with Gasteiger partial charge in [-0.1, -0.05) is 12.1 Å². The first-order chi connectivity index (χ1) is 5.63. The Bertz CT molecular complexity index is 320. The van der Waals surface area contributed by atoms with Crippen LogP contribution in [-0.4, -0.2) is 5.11 Å². The summed E-state index contributed by atoms with van der Waals surface area (Å²) in [7, 11) is 0. The number of rotatable bonds is 1. The molecule has 0 spiro atoms. The summed E-state index contributed by atoms with van der Waals surface area (Å²) in [5, 5.41) is 9.71. The van der Waals surface area contributed by atoms with Crippen molar-refractivity contribution < 1.29 is 9.50 Å². The summed E-state index contributed by atoms with van der Waals surface area (Å²) in [6, 6.07) is 4.74. The molecule has 1 aromatic carbocycles. The van der Waals surface area contributed by atoms with E-state index in [1.807, 2.05) is 0 Å². The van der Waals surface area contributed by atoms with Crippen LogP contribution >= 0.6 is 15.9 Å². The highest BCUT2D eigenvalue weighted by Gasteiger charge is 2.43. The van der Waals surface area contributed by atoms with Crippen molar-refractivity contribution in [3.05, 3.63) is 34.1 Å². The lowest BCUT2D eigenvalue weighted by Gasteiger charge is -2.10. The highest BCUT2D eigenvalue weighted by molar-refractivity contribution is 9.10. The van der Waals surface area contributed by atoms with E-state index in [0.29, 0.717) is 10.0 Å². The Balaban J connectivity index is 2.51. The molecule has 0 aromatic heterocycles. The molecule has 1 aromatic rings. The average Bonchev–Trinajstić information content (AvgIpc) is 2.75. The normalized spacial score (nSPS) is 19.2. The first-order valence-electron chi connectivity index (χ1n) is 3.80. The summed E-state index contributed by atoms with van der Waals surface area (Å²) >= 11 is 3.12. The maximum absolute atomic E-state index is 13.0. The molecule has 0 bridgehead atoms. The van der Waals surface area contributed by atoms with Gasteiger partial charge in [0.15, 0.2) is 0 Å². The molecule has 12 heavy (non-hydrogen) atoms. The Morgan fingerprint density at radius 1 is 1.42 bits per heavy atom. The van der Waals surface area contributed by atoms with Gasteiger partial charge >= 0.3 is 0 Å². The van der Waals surface area contributed by atoms with E-state index in [9.17, 15) is 9.50 Å². The van der Waals surface area contributed by atoms with E-state index in [-0.39, 0.29) is 5.82 Å². The molecule has 0 saturated heterocycles. The minimum Gasteiger partial charge on any atom is -0.385 e. The van der Waals surface area contributed by atoms with Crippen LogP contribution in [-0.2, 0) is 5.60 Å². The molecule has 1 aliphatic rings. The molecule has 1 saturated carbocycles. The lowest BCUT2D eigenvalue weighted by molar-refractivity contribution is 0.150. The summed E-state index contributed by atoms with van der Waals surface area (Å²) in [4.78, 5) is 0. The SMILES string of the molecule is OC1(c2cccc(F)c2Br)CC1. The van der Waals surface area contributed by atoms with Crippen LogP contribution in [0.25, 0.3) is 0 Å². The molecular weight excluding hydrogens is 223 g/mol. The second-order valence-electron chi connectivity index (χ2n) is 3.13. The van der Waals surface area contributed by atoms with Gasteiger partial charge in [-0.25, -0.2) is 4.39 Å². The minimum atomic E-state index is -0.763. The highest BCUT2D eigenvalue weighted by Crippen LogP contribution is 2.48. The van der Waals surface area contributed by atoms with Gasteiger partial charge in [-0.15, -0.1) is 0 Å². The van der Waals surface area contributed by atoms with Gasteiger partial charge in [-0.05, 0) is 34.8 Å². The summed E-state index contributed by atoms with van der Waals surface area (Å²) in [5.74, 6) is -0.312. The zero-order valence-corrected chi connectivity index (χ0v) is 7.94. The third kappa shape index (κ3) is 1.17. The minimum absolute atomic E-state index is 0.312. The standard InChI is InChI=1S/C9H8BrFO/c10-8-6(9(12)4-5-9)2-1-3-7(8)11/h1-3,12H,4-5H2. The van der Waals surface area contributed by atoms with Gasteiger partial charge in [0, 0.05) is 5.56 Å². The quantitative estimate of drug-likeness (QED) is 0.787. The zero-order chi connectivity index (χ0) is 8.77. The third-order valence-corrected chi connectivity index (χ3v) is 2.98. The monoisotopic (exact) mass is 230 g/mol. The number of aliphatic hydroxyl groups is 1. The number of hydrogen-bond acceptors (Lipinski definition) is 1. The predicted octanol–water partition coefficient (Wildman–Crippen LogP) is 2.57. The maximum atomic E-state index is 13.0. The van der Waals surface area contributed by atoms with Crippen LogP contribution in [0.1, 0.15) is 18.4 Å². The molecule has 64 valence electrons. The molecule has 0 unspecified atom stereocenters. The van der Waals surface area contributed by atoms with Crippen molar-refractivity contribution >= 4 is 15.9 Å². The van der Waals surface area contributed by atoms with E-state index in [1.54, 1.807) is 12.1 Å². The Kier molecular flexibility index (Phi) is 1.73. The Morgan fingerprint density at radius 3 is 2.67 bits per heavy atom. The Labute approximate surface area is 78.3 Å². The molecule has 2 rings (SSSR count). The van der Waals surface area contributed by atoms with Crippen LogP contribution in [0.5, 0.6) is 0 Å². The second-order valence-corrected chi connectivity index (χ2v) is 3.93. The fraction of sp³-hybridized carbons (Fsp3) is 0.333. The fourth-order valence-corrected chi connectivity index (χ4v) is 1.88.